The van der Waals surface area contributed by atoms with Crippen molar-refractivity contribution in [2.24, 2.45) is 11.3 Å². The van der Waals surface area contributed by atoms with Gasteiger partial charge in [-0.3, -0.25) is 0 Å². The van der Waals surface area contributed by atoms with Crippen molar-refractivity contribution < 1.29 is 5.11 Å². The van der Waals surface area contributed by atoms with Crippen LogP contribution in [0.15, 0.2) is 0 Å². The summed E-state index contributed by atoms with van der Waals surface area (Å²) in [5.41, 5.74) is 0.567. The zero-order chi connectivity index (χ0) is 8.60. The van der Waals surface area contributed by atoms with Gasteiger partial charge in [0.15, 0.2) is 0 Å². The highest BCUT2D eigenvalue weighted by Crippen LogP contribution is 2.50. The molecule has 2 aliphatic carbocycles. The molecule has 2 aliphatic rings. The van der Waals surface area contributed by atoms with Crippen molar-refractivity contribution in [3.63, 3.8) is 0 Å². The van der Waals surface area contributed by atoms with E-state index in [2.05, 4.69) is 6.92 Å². The van der Waals surface area contributed by atoms with Crippen LogP contribution in [0, 0.1) is 11.3 Å². The van der Waals surface area contributed by atoms with Crippen LogP contribution in [0.4, 0.5) is 0 Å². The highest BCUT2D eigenvalue weighted by Gasteiger charge is 2.40. The molecule has 0 aromatic rings. The Morgan fingerprint density at radius 3 is 2.42 bits per heavy atom. The van der Waals surface area contributed by atoms with Crippen LogP contribution < -0.4 is 0 Å². The van der Waals surface area contributed by atoms with E-state index in [1.807, 2.05) is 0 Å². The van der Waals surface area contributed by atoms with Crippen LogP contribution in [0.5, 0.6) is 0 Å². The standard InChI is InChI=1S/C11H20O/c1-9-6-10(12)8-11(7-9)4-2-3-5-11/h9-10,12H,2-8H2,1H3. The van der Waals surface area contributed by atoms with Crippen LogP contribution in [-0.2, 0) is 0 Å². The van der Waals surface area contributed by atoms with Gasteiger partial charge in [0.05, 0.1) is 6.10 Å². The highest BCUT2D eigenvalue weighted by molar-refractivity contribution is 4.92. The third-order valence-electron chi connectivity index (χ3n) is 3.79. The molecule has 2 saturated carbocycles. The number of aliphatic hydroxyl groups is 1. The molecule has 0 aromatic heterocycles. The van der Waals surface area contributed by atoms with Crippen LogP contribution in [0.25, 0.3) is 0 Å². The number of hydrogen-bond donors (Lipinski definition) is 1. The quantitative estimate of drug-likeness (QED) is 0.589. The number of hydrogen-bond acceptors (Lipinski definition) is 1. The maximum atomic E-state index is 9.71. The van der Waals surface area contributed by atoms with Gasteiger partial charge < -0.3 is 5.11 Å². The Bertz CT molecular complexity index is 146. The van der Waals surface area contributed by atoms with Crippen LogP contribution in [0.3, 0.4) is 0 Å². The van der Waals surface area contributed by atoms with E-state index in [0.29, 0.717) is 5.41 Å². The summed E-state index contributed by atoms with van der Waals surface area (Å²) in [7, 11) is 0. The molecule has 0 aromatic carbocycles. The predicted molar refractivity (Wildman–Crippen MR) is 49.9 cm³/mol. The first-order valence-corrected chi connectivity index (χ1v) is 5.38. The van der Waals surface area contributed by atoms with Gasteiger partial charge in [0.25, 0.3) is 0 Å². The predicted octanol–water partition coefficient (Wildman–Crippen LogP) is 2.73. The van der Waals surface area contributed by atoms with E-state index in [1.165, 1.54) is 32.1 Å². The molecule has 0 amide bonds. The van der Waals surface area contributed by atoms with E-state index in [0.717, 1.165) is 18.8 Å². The van der Waals surface area contributed by atoms with Gasteiger partial charge in [-0.15, -0.1) is 0 Å². The summed E-state index contributed by atoms with van der Waals surface area (Å²) in [4.78, 5) is 0. The maximum absolute atomic E-state index is 9.71. The van der Waals surface area contributed by atoms with E-state index in [-0.39, 0.29) is 6.10 Å². The zero-order valence-corrected chi connectivity index (χ0v) is 8.05. The summed E-state index contributed by atoms with van der Waals surface area (Å²) < 4.78 is 0. The first-order valence-electron chi connectivity index (χ1n) is 5.38. The minimum atomic E-state index is 0.00634. The molecule has 0 aliphatic heterocycles. The average molecular weight is 168 g/mol. The molecule has 0 bridgehead atoms. The monoisotopic (exact) mass is 168 g/mol. The van der Waals surface area contributed by atoms with E-state index in [1.54, 1.807) is 0 Å². The number of aliphatic hydroxyl groups excluding tert-OH is 1. The molecule has 2 fully saturated rings. The molecular formula is C11H20O. The Labute approximate surface area is 75.2 Å². The van der Waals surface area contributed by atoms with Crippen molar-refractivity contribution in [1.29, 1.82) is 0 Å². The second-order valence-corrected chi connectivity index (χ2v) is 5.11. The molecule has 1 spiro atoms. The lowest BCUT2D eigenvalue weighted by Gasteiger charge is -2.39. The second-order valence-electron chi connectivity index (χ2n) is 5.11. The Morgan fingerprint density at radius 1 is 1.17 bits per heavy atom. The molecule has 1 N–H and O–H groups in total. The van der Waals surface area contributed by atoms with Crippen molar-refractivity contribution in [3.05, 3.63) is 0 Å². The lowest BCUT2D eigenvalue weighted by Crippen LogP contribution is -2.32. The molecule has 1 nitrogen and oxygen atoms in total. The van der Waals surface area contributed by atoms with E-state index < -0.39 is 0 Å². The fraction of sp³-hybridized carbons (Fsp3) is 1.00. The smallest absolute Gasteiger partial charge is 0.0548 e. The molecule has 2 unspecified atom stereocenters. The van der Waals surface area contributed by atoms with E-state index in [9.17, 15) is 5.11 Å². The van der Waals surface area contributed by atoms with E-state index >= 15 is 0 Å². The van der Waals surface area contributed by atoms with Crippen molar-refractivity contribution in [2.75, 3.05) is 0 Å². The van der Waals surface area contributed by atoms with Gasteiger partial charge in [0.2, 0.25) is 0 Å². The summed E-state index contributed by atoms with van der Waals surface area (Å²) >= 11 is 0. The summed E-state index contributed by atoms with van der Waals surface area (Å²) in [6, 6.07) is 0. The molecule has 70 valence electrons. The molecular weight excluding hydrogens is 148 g/mol. The van der Waals surface area contributed by atoms with Gasteiger partial charge in [0.1, 0.15) is 0 Å². The first kappa shape index (κ1) is 8.55. The van der Waals surface area contributed by atoms with Gasteiger partial charge in [0, 0.05) is 0 Å². The summed E-state index contributed by atoms with van der Waals surface area (Å²) in [5.74, 6) is 0.756. The lowest BCUT2D eigenvalue weighted by molar-refractivity contribution is 0.0237. The normalized spacial score (nSPS) is 40.5. The Morgan fingerprint density at radius 2 is 1.83 bits per heavy atom. The summed E-state index contributed by atoms with van der Waals surface area (Å²) in [6.07, 6.45) is 9.09. The number of rotatable bonds is 0. The SMILES string of the molecule is CC1CC(O)CC2(CCCC2)C1. The van der Waals surface area contributed by atoms with Crippen molar-refractivity contribution in [1.82, 2.24) is 0 Å². The van der Waals surface area contributed by atoms with Crippen LogP contribution >= 0.6 is 0 Å². The first-order chi connectivity index (χ1) is 5.70. The highest BCUT2D eigenvalue weighted by atomic mass is 16.3. The van der Waals surface area contributed by atoms with Gasteiger partial charge in [-0.05, 0) is 43.4 Å². The third-order valence-corrected chi connectivity index (χ3v) is 3.79. The largest absolute Gasteiger partial charge is 0.393 e. The van der Waals surface area contributed by atoms with Gasteiger partial charge >= 0.3 is 0 Å². The minimum absolute atomic E-state index is 0.00634. The van der Waals surface area contributed by atoms with Gasteiger partial charge in [-0.25, -0.2) is 0 Å². The maximum Gasteiger partial charge on any atom is 0.0548 e. The molecule has 0 heterocycles. The van der Waals surface area contributed by atoms with Crippen molar-refractivity contribution in [2.45, 2.75) is 58.0 Å². The van der Waals surface area contributed by atoms with Crippen LogP contribution in [0.1, 0.15) is 51.9 Å². The van der Waals surface area contributed by atoms with Crippen molar-refractivity contribution >= 4 is 0 Å². The van der Waals surface area contributed by atoms with Gasteiger partial charge in [-0.1, -0.05) is 19.8 Å². The molecule has 2 rings (SSSR count). The Balaban J connectivity index is 2.04. The lowest BCUT2D eigenvalue weighted by atomic mass is 9.68. The topological polar surface area (TPSA) is 20.2 Å². The van der Waals surface area contributed by atoms with Gasteiger partial charge in [-0.2, -0.15) is 0 Å². The Hall–Kier alpha value is -0.0400. The molecule has 1 heteroatoms. The Kier molecular flexibility index (Phi) is 2.16. The minimum Gasteiger partial charge on any atom is -0.393 e. The van der Waals surface area contributed by atoms with Crippen LogP contribution in [-0.4, -0.2) is 11.2 Å². The fourth-order valence-corrected chi connectivity index (χ4v) is 3.49. The average Bonchev–Trinajstić information content (AvgIpc) is 2.33. The molecule has 0 radical (unpaired) electrons. The summed E-state index contributed by atoms with van der Waals surface area (Å²) in [5, 5.41) is 9.71. The second kappa shape index (κ2) is 3.02. The van der Waals surface area contributed by atoms with Crippen LogP contribution in [0.2, 0.25) is 0 Å². The fourth-order valence-electron chi connectivity index (χ4n) is 3.49. The molecule has 0 saturated heterocycles. The van der Waals surface area contributed by atoms with E-state index in [4.69, 9.17) is 0 Å². The molecule has 12 heavy (non-hydrogen) atoms. The molecule has 2 atom stereocenters. The van der Waals surface area contributed by atoms with Crippen molar-refractivity contribution in [3.8, 4) is 0 Å². The zero-order valence-electron chi connectivity index (χ0n) is 8.05. The third kappa shape index (κ3) is 1.52. The summed E-state index contributed by atoms with van der Waals surface area (Å²) in [6.45, 7) is 2.29.